The number of hydrogen-bond acceptors (Lipinski definition) is 5. The van der Waals surface area contributed by atoms with Crippen LogP contribution in [0.5, 0.6) is 0 Å². The van der Waals surface area contributed by atoms with Gasteiger partial charge in [-0.1, -0.05) is 38.8 Å². The number of sulfonamides is 1. The Balaban J connectivity index is 1.63. The van der Waals surface area contributed by atoms with E-state index < -0.39 is 10.0 Å². The zero-order valence-electron chi connectivity index (χ0n) is 19.4. The molecule has 1 aliphatic carbocycles. The Morgan fingerprint density at radius 2 is 1.70 bits per heavy atom. The maximum atomic E-state index is 13.2. The average molecular weight is 471 g/mol. The molecule has 2 fully saturated rings. The lowest BCUT2D eigenvalue weighted by atomic mass is 10.0. The standard InChI is InChI=1S/C25H34N4O3S/c1-18(2)19-7-10-22(11-8-19)33(31,32)28-23-17-20(25(30)27-21-5-3-4-6-21)9-12-24(23)29-15-13-26-14-16-29/h7-12,17-18,21,26,28H,3-6,13-16H2,1-2H3,(H,27,30). The topological polar surface area (TPSA) is 90.5 Å². The van der Waals surface area contributed by atoms with Gasteiger partial charge in [0.15, 0.2) is 0 Å². The minimum absolute atomic E-state index is 0.157. The van der Waals surface area contributed by atoms with E-state index in [-0.39, 0.29) is 16.8 Å². The molecular weight excluding hydrogens is 436 g/mol. The normalized spacial score (nSPS) is 17.4. The highest BCUT2D eigenvalue weighted by atomic mass is 32.2. The summed E-state index contributed by atoms with van der Waals surface area (Å²) in [5.41, 5.74) is 2.77. The molecule has 33 heavy (non-hydrogen) atoms. The van der Waals surface area contributed by atoms with Crippen molar-refractivity contribution in [2.45, 2.75) is 56.4 Å². The van der Waals surface area contributed by atoms with E-state index in [1.165, 1.54) is 0 Å². The summed E-state index contributed by atoms with van der Waals surface area (Å²) in [6, 6.07) is 12.5. The van der Waals surface area contributed by atoms with Gasteiger partial charge in [0.05, 0.1) is 16.3 Å². The van der Waals surface area contributed by atoms with Gasteiger partial charge < -0.3 is 15.5 Å². The fraction of sp³-hybridized carbons (Fsp3) is 0.480. The molecule has 1 aliphatic heterocycles. The van der Waals surface area contributed by atoms with Gasteiger partial charge in [-0.15, -0.1) is 0 Å². The summed E-state index contributed by atoms with van der Waals surface area (Å²) in [6.45, 7) is 7.34. The first-order valence-electron chi connectivity index (χ1n) is 11.9. The van der Waals surface area contributed by atoms with E-state index >= 15 is 0 Å². The Hall–Kier alpha value is -2.58. The van der Waals surface area contributed by atoms with Crippen LogP contribution < -0.4 is 20.3 Å². The van der Waals surface area contributed by atoms with E-state index in [4.69, 9.17) is 0 Å². The van der Waals surface area contributed by atoms with E-state index in [1.54, 1.807) is 24.3 Å². The third-order valence-electron chi connectivity index (χ3n) is 6.51. The van der Waals surface area contributed by atoms with Crippen LogP contribution in [0.15, 0.2) is 47.4 Å². The number of hydrogen-bond donors (Lipinski definition) is 3. The maximum absolute atomic E-state index is 13.2. The van der Waals surface area contributed by atoms with E-state index in [0.717, 1.165) is 63.1 Å². The van der Waals surface area contributed by atoms with Crippen molar-refractivity contribution >= 4 is 27.3 Å². The Morgan fingerprint density at radius 1 is 1.03 bits per heavy atom. The molecule has 0 bridgehead atoms. The number of carbonyl (C=O) groups excluding carboxylic acids is 1. The molecule has 3 N–H and O–H groups in total. The van der Waals surface area contributed by atoms with Gasteiger partial charge in [-0.2, -0.15) is 0 Å². The Kier molecular flexibility index (Phi) is 7.24. The highest BCUT2D eigenvalue weighted by Crippen LogP contribution is 2.30. The number of carbonyl (C=O) groups is 1. The molecule has 0 atom stereocenters. The van der Waals surface area contributed by atoms with Gasteiger partial charge in [-0.25, -0.2) is 8.42 Å². The minimum Gasteiger partial charge on any atom is -0.367 e. The number of nitrogens with zero attached hydrogens (tertiary/aromatic N) is 1. The van der Waals surface area contributed by atoms with E-state index in [9.17, 15) is 13.2 Å². The summed E-state index contributed by atoms with van der Waals surface area (Å²) >= 11 is 0. The first-order valence-corrected chi connectivity index (χ1v) is 13.3. The Labute approximate surface area is 197 Å². The second-order valence-corrected chi connectivity index (χ2v) is 10.9. The highest BCUT2D eigenvalue weighted by Gasteiger charge is 2.23. The molecule has 2 aromatic carbocycles. The van der Waals surface area contributed by atoms with Crippen LogP contribution in [0.25, 0.3) is 0 Å². The third-order valence-corrected chi connectivity index (χ3v) is 7.89. The molecule has 0 aromatic heterocycles. The second kappa shape index (κ2) is 10.1. The van der Waals surface area contributed by atoms with Crippen molar-refractivity contribution in [3.8, 4) is 0 Å². The smallest absolute Gasteiger partial charge is 0.261 e. The zero-order chi connectivity index (χ0) is 23.4. The van der Waals surface area contributed by atoms with Crippen molar-refractivity contribution in [1.82, 2.24) is 10.6 Å². The van der Waals surface area contributed by atoms with E-state index in [0.29, 0.717) is 17.2 Å². The quantitative estimate of drug-likeness (QED) is 0.574. The fourth-order valence-corrected chi connectivity index (χ4v) is 5.58. The largest absolute Gasteiger partial charge is 0.367 e. The second-order valence-electron chi connectivity index (χ2n) is 9.25. The minimum atomic E-state index is -3.81. The SMILES string of the molecule is CC(C)c1ccc(S(=O)(=O)Nc2cc(C(=O)NC3CCCC3)ccc2N2CCNCC2)cc1. The Bertz CT molecular complexity index is 1070. The molecule has 2 aromatic rings. The van der Waals surface area contributed by atoms with Gasteiger partial charge in [0.1, 0.15) is 0 Å². The van der Waals surface area contributed by atoms with Crippen LogP contribution >= 0.6 is 0 Å². The fourth-order valence-electron chi connectivity index (χ4n) is 4.51. The van der Waals surface area contributed by atoms with Crippen molar-refractivity contribution in [3.05, 3.63) is 53.6 Å². The first-order chi connectivity index (χ1) is 15.8. The summed E-state index contributed by atoms with van der Waals surface area (Å²) in [4.78, 5) is 15.2. The number of rotatable bonds is 7. The number of amides is 1. The number of piperazine rings is 1. The Morgan fingerprint density at radius 3 is 2.33 bits per heavy atom. The molecule has 8 heteroatoms. The maximum Gasteiger partial charge on any atom is 0.261 e. The lowest BCUT2D eigenvalue weighted by Crippen LogP contribution is -2.43. The molecule has 4 rings (SSSR count). The number of benzene rings is 2. The van der Waals surface area contributed by atoms with Gasteiger partial charge in [0.2, 0.25) is 0 Å². The van der Waals surface area contributed by atoms with Crippen molar-refractivity contribution < 1.29 is 13.2 Å². The van der Waals surface area contributed by atoms with Crippen molar-refractivity contribution in [1.29, 1.82) is 0 Å². The molecule has 1 heterocycles. The monoisotopic (exact) mass is 470 g/mol. The summed E-state index contributed by atoms with van der Waals surface area (Å²) < 4.78 is 29.2. The van der Waals surface area contributed by atoms with Gasteiger partial charge in [0, 0.05) is 37.8 Å². The van der Waals surface area contributed by atoms with Gasteiger partial charge in [-0.3, -0.25) is 9.52 Å². The van der Waals surface area contributed by atoms with Crippen LogP contribution in [0.3, 0.4) is 0 Å². The molecule has 7 nitrogen and oxygen atoms in total. The molecular formula is C25H34N4O3S. The van der Waals surface area contributed by atoms with Crippen LogP contribution in [0, 0.1) is 0 Å². The average Bonchev–Trinajstić information content (AvgIpc) is 3.32. The summed E-state index contributed by atoms with van der Waals surface area (Å²) in [5, 5.41) is 6.41. The summed E-state index contributed by atoms with van der Waals surface area (Å²) in [6.07, 6.45) is 4.26. The third kappa shape index (κ3) is 5.68. The van der Waals surface area contributed by atoms with E-state index in [1.807, 2.05) is 18.2 Å². The molecule has 1 amide bonds. The summed E-state index contributed by atoms with van der Waals surface area (Å²) in [5.74, 6) is 0.166. The van der Waals surface area contributed by atoms with Crippen LogP contribution in [0.4, 0.5) is 11.4 Å². The van der Waals surface area contributed by atoms with Gasteiger partial charge >= 0.3 is 0 Å². The number of anilines is 2. The van der Waals surface area contributed by atoms with Crippen LogP contribution in [0.2, 0.25) is 0 Å². The molecule has 0 radical (unpaired) electrons. The molecule has 0 unspecified atom stereocenters. The predicted octanol–water partition coefficient (Wildman–Crippen LogP) is 3.69. The highest BCUT2D eigenvalue weighted by molar-refractivity contribution is 7.92. The van der Waals surface area contributed by atoms with Crippen LogP contribution in [0.1, 0.15) is 61.4 Å². The lowest BCUT2D eigenvalue weighted by Gasteiger charge is -2.31. The number of nitrogens with one attached hydrogen (secondary N) is 3. The zero-order valence-corrected chi connectivity index (χ0v) is 20.2. The van der Waals surface area contributed by atoms with Gasteiger partial charge in [-0.05, 0) is 54.7 Å². The first kappa shape index (κ1) is 23.6. The van der Waals surface area contributed by atoms with Crippen molar-refractivity contribution in [2.24, 2.45) is 0 Å². The van der Waals surface area contributed by atoms with E-state index in [2.05, 4.69) is 34.1 Å². The molecule has 1 saturated heterocycles. The van der Waals surface area contributed by atoms with Crippen LogP contribution in [-0.4, -0.2) is 46.5 Å². The predicted molar refractivity (Wildman–Crippen MR) is 133 cm³/mol. The molecule has 178 valence electrons. The van der Waals surface area contributed by atoms with Crippen molar-refractivity contribution in [3.63, 3.8) is 0 Å². The van der Waals surface area contributed by atoms with Gasteiger partial charge in [0.25, 0.3) is 15.9 Å². The molecule has 0 spiro atoms. The van der Waals surface area contributed by atoms with Crippen LogP contribution in [-0.2, 0) is 10.0 Å². The molecule has 1 saturated carbocycles. The summed E-state index contributed by atoms with van der Waals surface area (Å²) in [7, 11) is -3.81. The molecule has 2 aliphatic rings. The lowest BCUT2D eigenvalue weighted by molar-refractivity contribution is 0.0938. The van der Waals surface area contributed by atoms with Crippen molar-refractivity contribution in [2.75, 3.05) is 35.8 Å².